The maximum Gasteiger partial charge on any atom is 0.186 e. The molecule has 1 aromatic heterocycles. The lowest BCUT2D eigenvalue weighted by Gasteiger charge is -2.38. The van der Waals surface area contributed by atoms with Crippen LogP contribution in [0.3, 0.4) is 0 Å². The van der Waals surface area contributed by atoms with E-state index in [4.69, 9.17) is 15.5 Å². The van der Waals surface area contributed by atoms with E-state index in [0.29, 0.717) is 6.04 Å². The van der Waals surface area contributed by atoms with Gasteiger partial charge in [-0.25, -0.2) is 4.98 Å². The van der Waals surface area contributed by atoms with Crippen LogP contribution in [0.4, 0.5) is 5.13 Å². The molecule has 1 saturated heterocycles. The quantitative estimate of drug-likeness (QED) is 0.905. The molecule has 0 spiro atoms. The number of morpholine rings is 1. The van der Waals surface area contributed by atoms with Gasteiger partial charge in [0.1, 0.15) is 0 Å². The van der Waals surface area contributed by atoms with Crippen LogP contribution in [-0.4, -0.2) is 30.3 Å². The lowest BCUT2D eigenvalue weighted by atomic mass is 9.99. The van der Waals surface area contributed by atoms with Crippen molar-refractivity contribution in [1.82, 2.24) is 4.98 Å². The van der Waals surface area contributed by atoms with E-state index in [9.17, 15) is 0 Å². The highest BCUT2D eigenvalue weighted by Crippen LogP contribution is 2.37. The highest BCUT2D eigenvalue weighted by atomic mass is 32.1. The first-order chi connectivity index (χ1) is 9.19. The molecule has 1 aromatic rings. The third-order valence-electron chi connectivity index (χ3n) is 4.17. The first-order valence-electron chi connectivity index (χ1n) is 7.32. The molecule has 0 amide bonds. The number of aryl methyl sites for hydroxylation is 1. The van der Waals surface area contributed by atoms with E-state index in [-0.39, 0.29) is 12.1 Å². The van der Waals surface area contributed by atoms with Crippen LogP contribution in [0, 0.1) is 0 Å². The largest absolute Gasteiger partial charge is 0.375 e. The zero-order valence-corrected chi connectivity index (χ0v) is 12.6. The highest BCUT2D eigenvalue weighted by Gasteiger charge is 2.30. The standard InChI is InChI=1S/C14H23N3OS/c1-3-10-8-18-9(2)7-17(10)14-16-13-11(15)5-4-6-12(13)19-14/h9-11H,3-8,15H2,1-2H3. The Morgan fingerprint density at radius 1 is 1.53 bits per heavy atom. The molecule has 3 atom stereocenters. The second-order valence-electron chi connectivity index (χ2n) is 5.66. The number of nitrogens with two attached hydrogens (primary N) is 1. The van der Waals surface area contributed by atoms with E-state index in [1.807, 2.05) is 11.3 Å². The zero-order valence-electron chi connectivity index (χ0n) is 11.8. The summed E-state index contributed by atoms with van der Waals surface area (Å²) < 4.78 is 5.77. The number of nitrogens with zero attached hydrogens (tertiary/aromatic N) is 2. The van der Waals surface area contributed by atoms with Crippen molar-refractivity contribution >= 4 is 16.5 Å². The van der Waals surface area contributed by atoms with E-state index in [2.05, 4.69) is 18.7 Å². The SMILES string of the molecule is CCC1COC(C)CN1c1nc2c(s1)CCCC2N. The van der Waals surface area contributed by atoms with E-state index < -0.39 is 0 Å². The number of ether oxygens (including phenoxy) is 1. The Kier molecular flexibility index (Phi) is 3.78. The number of rotatable bonds is 2. The first-order valence-corrected chi connectivity index (χ1v) is 8.14. The molecule has 1 aliphatic carbocycles. The molecular weight excluding hydrogens is 258 g/mol. The first kappa shape index (κ1) is 13.3. The molecule has 5 heteroatoms. The van der Waals surface area contributed by atoms with Crippen LogP contribution >= 0.6 is 11.3 Å². The Bertz CT molecular complexity index is 448. The molecule has 2 N–H and O–H groups in total. The number of thiazole rings is 1. The molecule has 3 unspecified atom stereocenters. The minimum absolute atomic E-state index is 0.146. The van der Waals surface area contributed by atoms with E-state index >= 15 is 0 Å². The topological polar surface area (TPSA) is 51.4 Å². The minimum atomic E-state index is 0.146. The summed E-state index contributed by atoms with van der Waals surface area (Å²) in [7, 11) is 0. The Labute approximate surface area is 119 Å². The summed E-state index contributed by atoms with van der Waals surface area (Å²) in [5.74, 6) is 0. The van der Waals surface area contributed by atoms with Crippen molar-refractivity contribution in [3.8, 4) is 0 Å². The van der Waals surface area contributed by atoms with Crippen LogP contribution < -0.4 is 10.6 Å². The summed E-state index contributed by atoms with van der Waals surface area (Å²) in [6.45, 7) is 6.11. The molecule has 0 radical (unpaired) electrons. The van der Waals surface area contributed by atoms with Crippen LogP contribution in [0.5, 0.6) is 0 Å². The smallest absolute Gasteiger partial charge is 0.186 e. The summed E-state index contributed by atoms with van der Waals surface area (Å²) in [6.07, 6.45) is 4.82. The fraction of sp³-hybridized carbons (Fsp3) is 0.786. The average Bonchev–Trinajstić information content (AvgIpc) is 2.84. The lowest BCUT2D eigenvalue weighted by molar-refractivity contribution is 0.0299. The summed E-state index contributed by atoms with van der Waals surface area (Å²) in [6, 6.07) is 0.604. The van der Waals surface area contributed by atoms with Crippen LogP contribution in [0.1, 0.15) is 49.7 Å². The van der Waals surface area contributed by atoms with Gasteiger partial charge in [-0.1, -0.05) is 6.92 Å². The van der Waals surface area contributed by atoms with Crippen molar-refractivity contribution in [2.75, 3.05) is 18.1 Å². The molecule has 3 rings (SSSR count). The van der Waals surface area contributed by atoms with Gasteiger partial charge in [0.05, 0.1) is 24.4 Å². The molecule has 106 valence electrons. The van der Waals surface area contributed by atoms with Crippen molar-refractivity contribution in [1.29, 1.82) is 0 Å². The molecule has 2 aliphatic rings. The van der Waals surface area contributed by atoms with Crippen molar-refractivity contribution in [3.63, 3.8) is 0 Å². The number of hydrogen-bond donors (Lipinski definition) is 1. The Morgan fingerprint density at radius 2 is 2.37 bits per heavy atom. The van der Waals surface area contributed by atoms with Crippen LogP contribution in [0.25, 0.3) is 0 Å². The van der Waals surface area contributed by atoms with Crippen molar-refractivity contribution in [3.05, 3.63) is 10.6 Å². The van der Waals surface area contributed by atoms with Gasteiger partial charge in [-0.2, -0.15) is 0 Å². The predicted molar refractivity (Wildman–Crippen MR) is 78.8 cm³/mol. The van der Waals surface area contributed by atoms with Crippen LogP contribution in [0.2, 0.25) is 0 Å². The van der Waals surface area contributed by atoms with Gasteiger partial charge in [0.2, 0.25) is 0 Å². The molecule has 4 nitrogen and oxygen atoms in total. The number of hydrogen-bond acceptors (Lipinski definition) is 5. The monoisotopic (exact) mass is 281 g/mol. The summed E-state index contributed by atoms with van der Waals surface area (Å²) in [5, 5.41) is 1.16. The van der Waals surface area contributed by atoms with E-state index in [0.717, 1.165) is 43.2 Å². The summed E-state index contributed by atoms with van der Waals surface area (Å²) in [5.41, 5.74) is 7.34. The molecule has 0 aromatic carbocycles. The van der Waals surface area contributed by atoms with Crippen molar-refractivity contribution < 1.29 is 4.74 Å². The van der Waals surface area contributed by atoms with Crippen molar-refractivity contribution in [2.45, 2.75) is 57.7 Å². The normalized spacial score (nSPS) is 31.3. The van der Waals surface area contributed by atoms with Gasteiger partial charge in [0.15, 0.2) is 5.13 Å². The second kappa shape index (κ2) is 5.38. The third kappa shape index (κ3) is 2.51. The Balaban J connectivity index is 1.88. The van der Waals surface area contributed by atoms with Crippen LogP contribution in [-0.2, 0) is 11.2 Å². The van der Waals surface area contributed by atoms with E-state index in [1.165, 1.54) is 11.3 Å². The predicted octanol–water partition coefficient (Wildman–Crippen LogP) is 2.48. The van der Waals surface area contributed by atoms with Gasteiger partial charge in [-0.05, 0) is 32.6 Å². The second-order valence-corrected chi connectivity index (χ2v) is 6.72. The Hall–Kier alpha value is -0.650. The van der Waals surface area contributed by atoms with Gasteiger partial charge in [-0.15, -0.1) is 11.3 Å². The fourth-order valence-corrected chi connectivity index (χ4v) is 4.23. The summed E-state index contributed by atoms with van der Waals surface area (Å²) in [4.78, 5) is 8.69. The minimum Gasteiger partial charge on any atom is -0.375 e. The number of fused-ring (bicyclic) bond motifs is 1. The third-order valence-corrected chi connectivity index (χ3v) is 5.34. The summed E-state index contributed by atoms with van der Waals surface area (Å²) >= 11 is 1.85. The maximum absolute atomic E-state index is 6.18. The number of anilines is 1. The van der Waals surface area contributed by atoms with Gasteiger partial charge in [-0.3, -0.25) is 0 Å². The van der Waals surface area contributed by atoms with Crippen molar-refractivity contribution in [2.24, 2.45) is 5.73 Å². The molecular formula is C14H23N3OS. The van der Waals surface area contributed by atoms with Crippen LogP contribution in [0.15, 0.2) is 0 Å². The molecule has 1 aliphatic heterocycles. The highest BCUT2D eigenvalue weighted by molar-refractivity contribution is 7.15. The molecule has 1 fully saturated rings. The van der Waals surface area contributed by atoms with Gasteiger partial charge in [0, 0.05) is 17.5 Å². The molecule has 2 heterocycles. The fourth-order valence-electron chi connectivity index (χ4n) is 2.98. The number of aromatic nitrogens is 1. The molecule has 19 heavy (non-hydrogen) atoms. The molecule has 0 saturated carbocycles. The van der Waals surface area contributed by atoms with E-state index in [1.54, 1.807) is 0 Å². The average molecular weight is 281 g/mol. The zero-order chi connectivity index (χ0) is 13.4. The van der Waals surface area contributed by atoms with Gasteiger partial charge < -0.3 is 15.4 Å². The maximum atomic E-state index is 6.18. The van der Waals surface area contributed by atoms with Gasteiger partial charge in [0.25, 0.3) is 0 Å². The Morgan fingerprint density at radius 3 is 3.11 bits per heavy atom. The lowest BCUT2D eigenvalue weighted by Crippen LogP contribution is -2.48. The molecule has 0 bridgehead atoms. The van der Waals surface area contributed by atoms with Gasteiger partial charge >= 0.3 is 0 Å².